The molecule has 120 valence electrons. The Balaban J connectivity index is 1.85. The lowest BCUT2D eigenvalue weighted by molar-refractivity contribution is 0.0951. The molecule has 1 aliphatic heterocycles. The third-order valence-corrected chi connectivity index (χ3v) is 3.92. The standard InChI is InChI=1S/C17H25N3O2/c1-2-8-19-16(21)14-4-3-5-15(11-14)17(22)20-10-7-13-6-9-18-12-13/h3-5,11,13,18H,2,6-10,12H2,1H3,(H,19,21)(H,20,22). The Morgan fingerprint density at radius 2 is 1.86 bits per heavy atom. The number of rotatable bonds is 7. The van der Waals surface area contributed by atoms with Crippen molar-refractivity contribution in [2.75, 3.05) is 26.2 Å². The zero-order chi connectivity index (χ0) is 15.8. The van der Waals surface area contributed by atoms with E-state index in [-0.39, 0.29) is 11.8 Å². The van der Waals surface area contributed by atoms with Gasteiger partial charge in [0.25, 0.3) is 11.8 Å². The molecule has 3 N–H and O–H groups in total. The Bertz CT molecular complexity index is 510. The van der Waals surface area contributed by atoms with Crippen molar-refractivity contribution in [2.45, 2.75) is 26.2 Å². The third kappa shape index (κ3) is 4.84. The first-order valence-corrected chi connectivity index (χ1v) is 8.08. The average molecular weight is 303 g/mol. The fourth-order valence-corrected chi connectivity index (χ4v) is 2.59. The van der Waals surface area contributed by atoms with Gasteiger partial charge in [0.2, 0.25) is 0 Å². The van der Waals surface area contributed by atoms with Crippen molar-refractivity contribution in [3.05, 3.63) is 35.4 Å². The van der Waals surface area contributed by atoms with Crippen molar-refractivity contribution in [3.63, 3.8) is 0 Å². The van der Waals surface area contributed by atoms with Gasteiger partial charge in [0.1, 0.15) is 0 Å². The summed E-state index contributed by atoms with van der Waals surface area (Å²) in [6.45, 7) is 5.45. The molecule has 1 aliphatic rings. The summed E-state index contributed by atoms with van der Waals surface area (Å²) in [5.74, 6) is 0.413. The van der Waals surface area contributed by atoms with Crippen LogP contribution in [0.15, 0.2) is 24.3 Å². The van der Waals surface area contributed by atoms with Crippen molar-refractivity contribution in [1.29, 1.82) is 0 Å². The van der Waals surface area contributed by atoms with E-state index in [0.717, 1.165) is 25.9 Å². The minimum absolute atomic E-state index is 0.115. The largest absolute Gasteiger partial charge is 0.352 e. The van der Waals surface area contributed by atoms with E-state index in [1.54, 1.807) is 24.3 Å². The van der Waals surface area contributed by atoms with E-state index < -0.39 is 0 Å². The van der Waals surface area contributed by atoms with E-state index in [0.29, 0.717) is 30.1 Å². The summed E-state index contributed by atoms with van der Waals surface area (Å²) in [4.78, 5) is 24.1. The van der Waals surface area contributed by atoms with Crippen LogP contribution >= 0.6 is 0 Å². The van der Waals surface area contributed by atoms with Gasteiger partial charge in [0.05, 0.1) is 0 Å². The fourth-order valence-electron chi connectivity index (χ4n) is 2.59. The Morgan fingerprint density at radius 3 is 2.45 bits per heavy atom. The van der Waals surface area contributed by atoms with Crippen LogP contribution in [0.4, 0.5) is 0 Å². The summed E-state index contributed by atoms with van der Waals surface area (Å²) < 4.78 is 0. The zero-order valence-corrected chi connectivity index (χ0v) is 13.2. The number of amides is 2. The van der Waals surface area contributed by atoms with Crippen LogP contribution in [0.25, 0.3) is 0 Å². The number of hydrogen-bond donors (Lipinski definition) is 3. The Hall–Kier alpha value is -1.88. The summed E-state index contributed by atoms with van der Waals surface area (Å²) in [6, 6.07) is 6.86. The number of carbonyl (C=O) groups is 2. The first-order chi connectivity index (χ1) is 10.7. The molecule has 1 unspecified atom stereocenters. The quantitative estimate of drug-likeness (QED) is 0.716. The summed E-state index contributed by atoms with van der Waals surface area (Å²) >= 11 is 0. The molecule has 5 nitrogen and oxygen atoms in total. The Kier molecular flexibility index (Phi) is 6.40. The fraction of sp³-hybridized carbons (Fsp3) is 0.529. The highest BCUT2D eigenvalue weighted by Gasteiger charge is 2.15. The molecule has 1 aromatic carbocycles. The zero-order valence-electron chi connectivity index (χ0n) is 13.2. The third-order valence-electron chi connectivity index (χ3n) is 3.92. The minimum Gasteiger partial charge on any atom is -0.352 e. The molecular weight excluding hydrogens is 278 g/mol. The molecule has 1 aromatic rings. The molecule has 1 fully saturated rings. The van der Waals surface area contributed by atoms with Crippen molar-refractivity contribution in [3.8, 4) is 0 Å². The number of benzene rings is 1. The average Bonchev–Trinajstić information content (AvgIpc) is 3.06. The van der Waals surface area contributed by atoms with Crippen LogP contribution in [0.3, 0.4) is 0 Å². The molecule has 0 aliphatic carbocycles. The van der Waals surface area contributed by atoms with Gasteiger partial charge in [0, 0.05) is 24.2 Å². The predicted molar refractivity (Wildman–Crippen MR) is 87.0 cm³/mol. The molecule has 0 bridgehead atoms. The van der Waals surface area contributed by atoms with Crippen LogP contribution in [0.5, 0.6) is 0 Å². The molecule has 2 rings (SSSR count). The van der Waals surface area contributed by atoms with E-state index in [4.69, 9.17) is 0 Å². The maximum absolute atomic E-state index is 12.1. The van der Waals surface area contributed by atoms with Gasteiger partial charge in [-0.3, -0.25) is 9.59 Å². The summed E-state index contributed by atoms with van der Waals surface area (Å²) in [7, 11) is 0. The first kappa shape index (κ1) is 16.5. The lowest BCUT2D eigenvalue weighted by Gasteiger charge is -2.10. The van der Waals surface area contributed by atoms with Gasteiger partial charge in [-0.25, -0.2) is 0 Å². The highest BCUT2D eigenvalue weighted by atomic mass is 16.2. The summed E-state index contributed by atoms with van der Waals surface area (Å²) in [5, 5.41) is 9.08. The molecule has 0 aromatic heterocycles. The van der Waals surface area contributed by atoms with Gasteiger partial charge >= 0.3 is 0 Å². The van der Waals surface area contributed by atoms with Crippen LogP contribution in [0.1, 0.15) is 46.9 Å². The molecule has 2 amide bonds. The van der Waals surface area contributed by atoms with Crippen LogP contribution in [-0.2, 0) is 0 Å². The van der Waals surface area contributed by atoms with Gasteiger partial charge < -0.3 is 16.0 Å². The van der Waals surface area contributed by atoms with Gasteiger partial charge in [-0.15, -0.1) is 0 Å². The molecule has 1 saturated heterocycles. The van der Waals surface area contributed by atoms with E-state index in [2.05, 4.69) is 16.0 Å². The number of nitrogens with one attached hydrogen (secondary N) is 3. The molecular formula is C17H25N3O2. The second-order valence-corrected chi connectivity index (χ2v) is 5.74. The second-order valence-electron chi connectivity index (χ2n) is 5.74. The van der Waals surface area contributed by atoms with Gasteiger partial charge in [0.15, 0.2) is 0 Å². The molecule has 1 heterocycles. The topological polar surface area (TPSA) is 70.2 Å². The Labute approximate surface area is 131 Å². The van der Waals surface area contributed by atoms with Gasteiger partial charge in [-0.2, -0.15) is 0 Å². The second kappa shape index (κ2) is 8.54. The highest BCUT2D eigenvalue weighted by Crippen LogP contribution is 2.11. The molecule has 0 radical (unpaired) electrons. The smallest absolute Gasteiger partial charge is 0.251 e. The molecule has 0 spiro atoms. The molecule has 1 atom stereocenters. The molecule has 5 heteroatoms. The molecule has 22 heavy (non-hydrogen) atoms. The van der Waals surface area contributed by atoms with Crippen molar-refractivity contribution < 1.29 is 9.59 Å². The summed E-state index contributed by atoms with van der Waals surface area (Å²) in [6.07, 6.45) is 3.07. The number of carbonyl (C=O) groups excluding carboxylic acids is 2. The highest BCUT2D eigenvalue weighted by molar-refractivity contribution is 5.99. The normalized spacial score (nSPS) is 17.2. The summed E-state index contributed by atoms with van der Waals surface area (Å²) in [5.41, 5.74) is 1.06. The lowest BCUT2D eigenvalue weighted by atomic mass is 10.1. The number of hydrogen-bond acceptors (Lipinski definition) is 3. The first-order valence-electron chi connectivity index (χ1n) is 8.08. The maximum Gasteiger partial charge on any atom is 0.251 e. The monoisotopic (exact) mass is 303 g/mol. The van der Waals surface area contributed by atoms with Crippen molar-refractivity contribution >= 4 is 11.8 Å². The Morgan fingerprint density at radius 1 is 1.18 bits per heavy atom. The van der Waals surface area contributed by atoms with Crippen molar-refractivity contribution in [2.24, 2.45) is 5.92 Å². The van der Waals surface area contributed by atoms with Crippen LogP contribution in [0, 0.1) is 5.92 Å². The van der Waals surface area contributed by atoms with Gasteiger partial charge in [-0.1, -0.05) is 13.0 Å². The molecule has 0 saturated carbocycles. The minimum atomic E-state index is -0.131. The van der Waals surface area contributed by atoms with E-state index in [1.807, 2.05) is 6.92 Å². The SMILES string of the molecule is CCCNC(=O)c1cccc(C(=O)NCCC2CCNC2)c1. The van der Waals surface area contributed by atoms with E-state index in [1.165, 1.54) is 6.42 Å². The maximum atomic E-state index is 12.1. The van der Waals surface area contributed by atoms with Crippen LogP contribution in [0.2, 0.25) is 0 Å². The van der Waals surface area contributed by atoms with E-state index >= 15 is 0 Å². The van der Waals surface area contributed by atoms with Crippen LogP contribution in [-0.4, -0.2) is 38.0 Å². The van der Waals surface area contributed by atoms with Crippen LogP contribution < -0.4 is 16.0 Å². The predicted octanol–water partition coefficient (Wildman–Crippen LogP) is 1.56. The van der Waals surface area contributed by atoms with Crippen molar-refractivity contribution in [1.82, 2.24) is 16.0 Å². The van der Waals surface area contributed by atoms with Gasteiger partial charge in [-0.05, 0) is 56.5 Å². The van der Waals surface area contributed by atoms with E-state index in [9.17, 15) is 9.59 Å². The lowest BCUT2D eigenvalue weighted by Crippen LogP contribution is -2.27.